The highest BCUT2D eigenvalue weighted by molar-refractivity contribution is 6.16. The average molecular weight is 212 g/mol. The van der Waals surface area contributed by atoms with Crippen LogP contribution in [0.4, 0.5) is 13.2 Å². The van der Waals surface area contributed by atoms with Crippen LogP contribution in [-0.4, -0.2) is 4.98 Å². The number of rotatable bonds is 2. The van der Waals surface area contributed by atoms with Gasteiger partial charge in [0.1, 0.15) is 0 Å². The third-order valence-electron chi connectivity index (χ3n) is 1.50. The number of halogens is 4. The molecule has 72 valence electrons. The van der Waals surface area contributed by atoms with E-state index in [1.54, 1.807) is 0 Å². The number of pyridine rings is 1. The van der Waals surface area contributed by atoms with E-state index in [1.807, 2.05) is 0 Å². The van der Waals surface area contributed by atoms with Gasteiger partial charge in [-0.25, -0.2) is 13.2 Å². The van der Waals surface area contributed by atoms with Crippen molar-refractivity contribution in [2.24, 2.45) is 0 Å². The number of aromatic amines is 1. The lowest BCUT2D eigenvalue weighted by molar-refractivity contribution is 0.149. The summed E-state index contributed by atoms with van der Waals surface area (Å²) in [4.78, 5) is 13.0. The summed E-state index contributed by atoms with van der Waals surface area (Å²) in [5.41, 5.74) is -2.37. The summed E-state index contributed by atoms with van der Waals surface area (Å²) in [5, 5.41) is 0. The van der Waals surface area contributed by atoms with Gasteiger partial charge in [-0.1, -0.05) is 0 Å². The van der Waals surface area contributed by atoms with Crippen molar-refractivity contribution in [3.05, 3.63) is 33.5 Å². The number of aromatic nitrogens is 1. The number of nitrogens with one attached hydrogen (secondary N) is 1. The molecule has 0 amide bonds. The molecule has 1 heterocycles. The smallest absolute Gasteiger partial charge is 0.269 e. The predicted octanol–water partition coefficient (Wildman–Crippen LogP) is 2.19. The number of H-pyrrole nitrogens is 1. The Morgan fingerprint density at radius 2 is 2.15 bits per heavy atom. The van der Waals surface area contributed by atoms with Crippen LogP contribution < -0.4 is 5.43 Å². The number of hydrogen-bond acceptors (Lipinski definition) is 1. The summed E-state index contributed by atoms with van der Waals surface area (Å²) < 4.78 is 36.9. The van der Waals surface area contributed by atoms with Crippen molar-refractivity contribution in [2.45, 2.75) is 12.3 Å². The summed E-state index contributed by atoms with van der Waals surface area (Å²) in [7, 11) is 0. The van der Waals surface area contributed by atoms with Crippen molar-refractivity contribution < 1.29 is 13.2 Å². The van der Waals surface area contributed by atoms with Gasteiger partial charge < -0.3 is 4.98 Å². The molecule has 0 aliphatic heterocycles. The molecule has 0 aliphatic carbocycles. The molecule has 0 saturated heterocycles. The van der Waals surface area contributed by atoms with Crippen LogP contribution >= 0.6 is 11.6 Å². The Balaban J connectivity index is 3.32. The Morgan fingerprint density at radius 3 is 2.62 bits per heavy atom. The van der Waals surface area contributed by atoms with Crippen molar-refractivity contribution >= 4 is 11.6 Å². The minimum Gasteiger partial charge on any atom is -0.361 e. The Labute approximate surface area is 76.3 Å². The fourth-order valence-electron chi connectivity index (χ4n) is 0.817. The number of hydrogen-bond donors (Lipinski definition) is 1. The molecular weight excluding hydrogens is 207 g/mol. The maximum atomic E-state index is 12.9. The molecule has 0 saturated carbocycles. The first-order chi connectivity index (χ1) is 6.07. The van der Waals surface area contributed by atoms with E-state index in [2.05, 4.69) is 4.98 Å². The van der Waals surface area contributed by atoms with Crippen molar-refractivity contribution in [3.8, 4) is 0 Å². The van der Waals surface area contributed by atoms with E-state index in [9.17, 15) is 18.0 Å². The van der Waals surface area contributed by atoms with E-state index in [1.165, 1.54) is 0 Å². The molecule has 1 N–H and O–H groups in total. The molecule has 0 bridgehead atoms. The predicted molar refractivity (Wildman–Crippen MR) is 41.5 cm³/mol. The van der Waals surface area contributed by atoms with Gasteiger partial charge in [0, 0.05) is 6.20 Å². The fourth-order valence-corrected chi connectivity index (χ4v) is 1.01. The molecule has 13 heavy (non-hydrogen) atoms. The zero-order valence-electron chi connectivity index (χ0n) is 6.28. The zero-order valence-corrected chi connectivity index (χ0v) is 7.04. The van der Waals surface area contributed by atoms with Gasteiger partial charge in [0.25, 0.3) is 6.43 Å². The quantitative estimate of drug-likeness (QED) is 0.748. The van der Waals surface area contributed by atoms with Gasteiger partial charge in [-0.15, -0.1) is 11.6 Å². The molecule has 0 unspecified atom stereocenters. The molecule has 0 aliphatic rings. The minimum atomic E-state index is -2.98. The third-order valence-corrected chi connectivity index (χ3v) is 1.76. The first-order valence-electron chi connectivity index (χ1n) is 3.32. The monoisotopic (exact) mass is 211 g/mol. The maximum Gasteiger partial charge on any atom is 0.269 e. The molecule has 0 spiro atoms. The Morgan fingerprint density at radius 1 is 1.54 bits per heavy atom. The zero-order chi connectivity index (χ0) is 10.0. The second-order valence-corrected chi connectivity index (χ2v) is 2.57. The SMILES string of the molecule is O=c1c(C(F)F)c[nH]c(CCl)c1F. The largest absolute Gasteiger partial charge is 0.361 e. The molecule has 0 radical (unpaired) electrons. The first-order valence-corrected chi connectivity index (χ1v) is 3.85. The highest BCUT2D eigenvalue weighted by Crippen LogP contribution is 2.15. The maximum absolute atomic E-state index is 12.9. The van der Waals surface area contributed by atoms with Crippen LogP contribution in [0.3, 0.4) is 0 Å². The molecule has 0 aromatic carbocycles. The van der Waals surface area contributed by atoms with Crippen LogP contribution in [0.2, 0.25) is 0 Å². The standard InChI is InChI=1S/C7H5ClF3NO/c8-1-4-5(9)6(13)3(2-12-4)7(10)11/h2,7H,1H2,(H,12,13). The highest BCUT2D eigenvalue weighted by atomic mass is 35.5. The average Bonchev–Trinajstić information content (AvgIpc) is 2.09. The van der Waals surface area contributed by atoms with Crippen LogP contribution in [0, 0.1) is 5.82 Å². The van der Waals surface area contributed by atoms with Gasteiger partial charge in [0.15, 0.2) is 5.82 Å². The third kappa shape index (κ3) is 1.85. The van der Waals surface area contributed by atoms with E-state index < -0.39 is 23.2 Å². The molecular formula is C7H5ClF3NO. The molecule has 6 heteroatoms. The lowest BCUT2D eigenvalue weighted by Gasteiger charge is -2.01. The molecule has 1 rings (SSSR count). The lowest BCUT2D eigenvalue weighted by atomic mass is 10.2. The minimum absolute atomic E-state index is 0.184. The van der Waals surface area contributed by atoms with Gasteiger partial charge in [-0.05, 0) is 0 Å². The van der Waals surface area contributed by atoms with E-state index >= 15 is 0 Å². The van der Waals surface area contributed by atoms with Crippen LogP contribution in [-0.2, 0) is 5.88 Å². The van der Waals surface area contributed by atoms with Crippen molar-refractivity contribution in [1.29, 1.82) is 0 Å². The van der Waals surface area contributed by atoms with Crippen molar-refractivity contribution in [1.82, 2.24) is 4.98 Å². The van der Waals surface area contributed by atoms with Crippen LogP contribution in [0.1, 0.15) is 17.7 Å². The summed E-state index contributed by atoms with van der Waals surface area (Å²) in [6.45, 7) is 0. The van der Waals surface area contributed by atoms with Gasteiger partial charge in [-0.3, -0.25) is 4.79 Å². The van der Waals surface area contributed by atoms with Gasteiger partial charge in [0.05, 0.1) is 17.1 Å². The highest BCUT2D eigenvalue weighted by Gasteiger charge is 2.17. The van der Waals surface area contributed by atoms with Crippen molar-refractivity contribution in [2.75, 3.05) is 0 Å². The molecule has 0 fully saturated rings. The van der Waals surface area contributed by atoms with Gasteiger partial charge in [-0.2, -0.15) is 0 Å². The Bertz CT molecular complexity index is 363. The number of alkyl halides is 3. The van der Waals surface area contributed by atoms with Gasteiger partial charge in [0.2, 0.25) is 5.43 Å². The van der Waals surface area contributed by atoms with E-state index in [4.69, 9.17) is 11.6 Å². The summed E-state index contributed by atoms with van der Waals surface area (Å²) >= 11 is 5.24. The Kier molecular flexibility index (Phi) is 2.98. The molecule has 1 aromatic rings. The second-order valence-electron chi connectivity index (χ2n) is 2.30. The lowest BCUT2D eigenvalue weighted by Crippen LogP contribution is -2.16. The van der Waals surface area contributed by atoms with Crippen LogP contribution in [0.15, 0.2) is 11.0 Å². The summed E-state index contributed by atoms with van der Waals surface area (Å²) in [5.74, 6) is -1.50. The Hall–Kier alpha value is -0.970. The second kappa shape index (κ2) is 3.83. The first kappa shape index (κ1) is 10.1. The fraction of sp³-hybridized carbons (Fsp3) is 0.286. The van der Waals surface area contributed by atoms with Crippen LogP contribution in [0.25, 0.3) is 0 Å². The van der Waals surface area contributed by atoms with Crippen molar-refractivity contribution in [3.63, 3.8) is 0 Å². The normalized spacial score (nSPS) is 10.8. The molecule has 1 aromatic heterocycles. The van der Waals surface area contributed by atoms with Gasteiger partial charge >= 0.3 is 0 Å². The van der Waals surface area contributed by atoms with E-state index in [-0.39, 0.29) is 11.6 Å². The molecule has 0 atom stereocenters. The van der Waals surface area contributed by atoms with E-state index in [0.29, 0.717) is 0 Å². The summed E-state index contributed by atoms with van der Waals surface area (Å²) in [6, 6.07) is 0. The summed E-state index contributed by atoms with van der Waals surface area (Å²) in [6.07, 6.45) is -2.21. The van der Waals surface area contributed by atoms with Crippen LogP contribution in [0.5, 0.6) is 0 Å². The van der Waals surface area contributed by atoms with E-state index in [0.717, 1.165) is 6.20 Å². The topological polar surface area (TPSA) is 32.9 Å². The molecule has 2 nitrogen and oxygen atoms in total.